The fourth-order valence-corrected chi connectivity index (χ4v) is 0.467. The molecule has 8 heavy (non-hydrogen) atoms. The Balaban J connectivity index is 2.42. The van der Waals surface area contributed by atoms with Gasteiger partial charge in [0.05, 0.1) is 0 Å². The molecule has 0 saturated carbocycles. The number of hydrazine groups is 1. The van der Waals surface area contributed by atoms with Gasteiger partial charge in [-0.05, 0) is 13.8 Å². The molecule has 3 N–H and O–H groups in total. The third-order valence-corrected chi connectivity index (χ3v) is 0.895. The molecule has 0 saturated heterocycles. The molecule has 46 valence electrons. The van der Waals surface area contributed by atoms with E-state index < -0.39 is 0 Å². The van der Waals surface area contributed by atoms with Crippen LogP contribution < -0.4 is 16.3 Å². The van der Waals surface area contributed by atoms with Crippen molar-refractivity contribution in [3.63, 3.8) is 0 Å². The highest BCUT2D eigenvalue weighted by Gasteiger charge is 2.02. The van der Waals surface area contributed by atoms with Crippen molar-refractivity contribution >= 4 is 5.84 Å². The van der Waals surface area contributed by atoms with Gasteiger partial charge in [0.2, 0.25) is 0 Å². The summed E-state index contributed by atoms with van der Waals surface area (Å²) < 4.78 is 0. The summed E-state index contributed by atoms with van der Waals surface area (Å²) in [6.07, 6.45) is 0.221. The first kappa shape index (κ1) is 5.37. The van der Waals surface area contributed by atoms with Crippen LogP contribution in [0.3, 0.4) is 0 Å². The van der Waals surface area contributed by atoms with Gasteiger partial charge in [0.1, 0.15) is 12.0 Å². The summed E-state index contributed by atoms with van der Waals surface area (Å²) in [6.45, 7) is 3.86. The average Bonchev–Trinajstić information content (AvgIpc) is 1.77. The van der Waals surface area contributed by atoms with E-state index in [1.54, 1.807) is 0 Å². The molecule has 0 aliphatic carbocycles. The molecular formula is C4H10N4. The van der Waals surface area contributed by atoms with Gasteiger partial charge >= 0.3 is 0 Å². The predicted molar refractivity (Wildman–Crippen MR) is 32.0 cm³/mol. The molecule has 1 aliphatic heterocycles. The van der Waals surface area contributed by atoms with Gasteiger partial charge in [0.15, 0.2) is 0 Å². The molecule has 0 spiro atoms. The number of rotatable bonds is 0. The van der Waals surface area contributed by atoms with E-state index in [9.17, 15) is 0 Å². The molecular weight excluding hydrogens is 104 g/mol. The number of nitrogens with one attached hydrogen (secondary N) is 3. The summed E-state index contributed by atoms with van der Waals surface area (Å²) in [7, 11) is 0. The van der Waals surface area contributed by atoms with Gasteiger partial charge in [0.25, 0.3) is 0 Å². The van der Waals surface area contributed by atoms with E-state index in [0.717, 1.165) is 5.84 Å². The predicted octanol–water partition coefficient (Wildman–Crippen LogP) is -0.637. The average molecular weight is 114 g/mol. The van der Waals surface area contributed by atoms with Crippen molar-refractivity contribution in [1.82, 2.24) is 16.3 Å². The summed E-state index contributed by atoms with van der Waals surface area (Å²) >= 11 is 0. The molecule has 1 heterocycles. The smallest absolute Gasteiger partial charge is 0.133 e. The third-order valence-electron chi connectivity index (χ3n) is 0.895. The number of amidine groups is 1. The van der Waals surface area contributed by atoms with Gasteiger partial charge < -0.3 is 5.43 Å². The minimum Gasteiger partial charge on any atom is -0.306 e. The molecule has 0 aromatic carbocycles. The number of hydrogen-bond donors (Lipinski definition) is 3. The maximum atomic E-state index is 3.90. The minimum atomic E-state index is 0.221. The molecule has 1 rings (SSSR count). The standard InChI is InChI=1S/C4H10N4/c1-3-5-7-4(2)8-6-3/h3,5-6H,1-2H3,(H,7,8). The fraction of sp³-hybridized carbons (Fsp3) is 0.750. The van der Waals surface area contributed by atoms with Crippen LogP contribution >= 0.6 is 0 Å². The van der Waals surface area contributed by atoms with Crippen molar-refractivity contribution in [3.8, 4) is 0 Å². The molecule has 0 radical (unpaired) electrons. The number of hydrazone groups is 1. The van der Waals surface area contributed by atoms with Crippen LogP contribution in [0.25, 0.3) is 0 Å². The maximum absolute atomic E-state index is 3.90. The Kier molecular flexibility index (Phi) is 1.34. The second kappa shape index (κ2) is 2.00. The summed E-state index contributed by atoms with van der Waals surface area (Å²) in [4.78, 5) is 0. The van der Waals surface area contributed by atoms with Crippen LogP contribution in [0.4, 0.5) is 0 Å². The Bertz CT molecular complexity index is 109. The van der Waals surface area contributed by atoms with Crippen LogP contribution in [0.15, 0.2) is 5.10 Å². The number of hydrogen-bond acceptors (Lipinski definition) is 4. The van der Waals surface area contributed by atoms with E-state index in [1.807, 2.05) is 13.8 Å². The lowest BCUT2D eigenvalue weighted by molar-refractivity contribution is 0.418. The molecule has 4 nitrogen and oxygen atoms in total. The Morgan fingerprint density at radius 2 is 2.38 bits per heavy atom. The van der Waals surface area contributed by atoms with Crippen molar-refractivity contribution in [1.29, 1.82) is 0 Å². The summed E-state index contributed by atoms with van der Waals surface area (Å²) in [5.41, 5.74) is 8.66. The number of nitrogens with zero attached hydrogens (tertiary/aromatic N) is 1. The zero-order chi connectivity index (χ0) is 5.98. The van der Waals surface area contributed by atoms with Crippen LogP contribution in [-0.4, -0.2) is 12.0 Å². The van der Waals surface area contributed by atoms with Crippen LogP contribution in [0.5, 0.6) is 0 Å². The molecule has 1 atom stereocenters. The largest absolute Gasteiger partial charge is 0.306 e. The monoisotopic (exact) mass is 114 g/mol. The van der Waals surface area contributed by atoms with E-state index in [0.29, 0.717) is 0 Å². The van der Waals surface area contributed by atoms with Crippen molar-refractivity contribution in [3.05, 3.63) is 0 Å². The first-order chi connectivity index (χ1) is 3.79. The zero-order valence-corrected chi connectivity index (χ0v) is 5.02. The van der Waals surface area contributed by atoms with Gasteiger partial charge in [-0.25, -0.2) is 5.43 Å². The highest BCUT2D eigenvalue weighted by Crippen LogP contribution is 1.78. The highest BCUT2D eigenvalue weighted by molar-refractivity contribution is 5.79. The molecule has 1 aliphatic rings. The summed E-state index contributed by atoms with van der Waals surface area (Å²) in [5.74, 6) is 0.864. The lowest BCUT2D eigenvalue weighted by Crippen LogP contribution is -2.52. The van der Waals surface area contributed by atoms with Gasteiger partial charge in [-0.3, -0.25) is 5.43 Å². The van der Waals surface area contributed by atoms with Gasteiger partial charge in [-0.1, -0.05) is 0 Å². The Morgan fingerprint density at radius 3 is 2.75 bits per heavy atom. The maximum Gasteiger partial charge on any atom is 0.133 e. The second-order valence-corrected chi connectivity index (χ2v) is 1.82. The first-order valence-electron chi connectivity index (χ1n) is 2.60. The van der Waals surface area contributed by atoms with Crippen LogP contribution in [0.1, 0.15) is 13.8 Å². The van der Waals surface area contributed by atoms with E-state index >= 15 is 0 Å². The SMILES string of the molecule is CC1=NNC(C)NN1. The van der Waals surface area contributed by atoms with E-state index in [4.69, 9.17) is 0 Å². The van der Waals surface area contributed by atoms with Crippen molar-refractivity contribution in [2.45, 2.75) is 20.0 Å². The normalized spacial score (nSPS) is 27.8. The van der Waals surface area contributed by atoms with Gasteiger partial charge in [0, 0.05) is 0 Å². The molecule has 0 fully saturated rings. The van der Waals surface area contributed by atoms with E-state index in [1.165, 1.54) is 0 Å². The summed E-state index contributed by atoms with van der Waals surface area (Å²) in [6, 6.07) is 0. The lowest BCUT2D eigenvalue weighted by atomic mass is 10.6. The first-order valence-corrected chi connectivity index (χ1v) is 2.60. The fourth-order valence-electron chi connectivity index (χ4n) is 0.467. The van der Waals surface area contributed by atoms with E-state index in [2.05, 4.69) is 21.4 Å². The van der Waals surface area contributed by atoms with Crippen LogP contribution in [-0.2, 0) is 0 Å². The van der Waals surface area contributed by atoms with Crippen molar-refractivity contribution in [2.24, 2.45) is 5.10 Å². The Hall–Kier alpha value is -0.770. The summed E-state index contributed by atoms with van der Waals surface area (Å²) in [5, 5.41) is 3.90. The molecule has 0 bridgehead atoms. The molecule has 1 unspecified atom stereocenters. The van der Waals surface area contributed by atoms with Crippen LogP contribution in [0.2, 0.25) is 0 Å². The van der Waals surface area contributed by atoms with Crippen molar-refractivity contribution in [2.75, 3.05) is 0 Å². The highest BCUT2D eigenvalue weighted by atomic mass is 15.5. The van der Waals surface area contributed by atoms with E-state index in [-0.39, 0.29) is 6.17 Å². The van der Waals surface area contributed by atoms with Crippen molar-refractivity contribution < 1.29 is 0 Å². The van der Waals surface area contributed by atoms with Crippen LogP contribution in [0, 0.1) is 0 Å². The molecule has 0 aromatic rings. The quantitative estimate of drug-likeness (QED) is 0.392. The minimum absolute atomic E-state index is 0.221. The van der Waals surface area contributed by atoms with Gasteiger partial charge in [-0.2, -0.15) is 5.10 Å². The van der Waals surface area contributed by atoms with Gasteiger partial charge in [-0.15, -0.1) is 0 Å². The zero-order valence-electron chi connectivity index (χ0n) is 5.02. The molecule has 4 heteroatoms. The Labute approximate surface area is 48.3 Å². The topological polar surface area (TPSA) is 48.5 Å². The molecule has 0 aromatic heterocycles. The second-order valence-electron chi connectivity index (χ2n) is 1.82. The lowest BCUT2D eigenvalue weighted by Gasteiger charge is -2.20. The third kappa shape index (κ3) is 1.10. The molecule has 0 amide bonds. The Morgan fingerprint density at radius 1 is 1.62 bits per heavy atom.